The van der Waals surface area contributed by atoms with Crippen LogP contribution in [-0.4, -0.2) is 69.7 Å². The number of esters is 2. The molecule has 0 bridgehead atoms. The van der Waals surface area contributed by atoms with Gasteiger partial charge in [-0.15, -0.1) is 0 Å². The number of carboxylic acids is 2. The summed E-state index contributed by atoms with van der Waals surface area (Å²) in [5.41, 5.74) is 0. The lowest BCUT2D eigenvalue weighted by atomic mass is 10.1. The lowest BCUT2D eigenvalue weighted by Crippen LogP contribution is -2.18. The van der Waals surface area contributed by atoms with Crippen LogP contribution in [0.1, 0.15) is 104 Å². The van der Waals surface area contributed by atoms with Crippen molar-refractivity contribution in [1.82, 2.24) is 0 Å². The zero-order chi connectivity index (χ0) is 26.2. The minimum atomic E-state index is -0.758. The largest absolute Gasteiger partial charge is 0.481 e. The third-order valence-corrected chi connectivity index (χ3v) is 4.62. The number of carboxylic acid groups (broad SMARTS) is 2. The number of carbonyl (C=O) groups is 4. The predicted molar refractivity (Wildman–Crippen MR) is 125 cm³/mol. The number of hydrogen-bond donors (Lipinski definition) is 4. The second kappa shape index (κ2) is 23.9. The molecule has 2 atom stereocenters. The molecular formula is C24H44O10. The molecule has 0 rings (SSSR count). The van der Waals surface area contributed by atoms with Gasteiger partial charge in [0.2, 0.25) is 0 Å². The Kier molecular flexibility index (Phi) is 23.9. The van der Waals surface area contributed by atoms with Crippen molar-refractivity contribution in [2.45, 2.75) is 116 Å². The van der Waals surface area contributed by atoms with E-state index < -0.39 is 24.1 Å². The Morgan fingerprint density at radius 3 is 1.41 bits per heavy atom. The van der Waals surface area contributed by atoms with Crippen LogP contribution in [0.25, 0.3) is 0 Å². The zero-order valence-electron chi connectivity index (χ0n) is 20.7. The molecule has 0 radical (unpaired) electrons. The SMILES string of the molecule is CC(CO)OC(=O)CCCCCCCC(=O)O.CC(O)COC(=O)CCCCCCCC(=O)O. The fourth-order valence-electron chi connectivity index (χ4n) is 2.76. The number of hydrogen-bond acceptors (Lipinski definition) is 8. The molecule has 4 N–H and O–H groups in total. The van der Waals surface area contributed by atoms with Gasteiger partial charge in [0.25, 0.3) is 0 Å². The summed E-state index contributed by atoms with van der Waals surface area (Å²) in [4.78, 5) is 42.7. The zero-order valence-corrected chi connectivity index (χ0v) is 20.7. The van der Waals surface area contributed by atoms with Crippen LogP contribution in [0.2, 0.25) is 0 Å². The van der Waals surface area contributed by atoms with Gasteiger partial charge in [0, 0.05) is 25.7 Å². The standard InChI is InChI=1S/2C12H22O5/c1-10(13)9-17-12(16)8-6-4-2-3-5-7-11(14)15;1-10(9-13)17-12(16)8-6-4-2-3-5-7-11(14)15/h2*10,13H,2-9H2,1H3,(H,14,15). The van der Waals surface area contributed by atoms with Crippen molar-refractivity contribution >= 4 is 23.9 Å². The Morgan fingerprint density at radius 2 is 1.03 bits per heavy atom. The molecule has 0 saturated heterocycles. The highest BCUT2D eigenvalue weighted by Gasteiger charge is 2.08. The molecule has 10 heteroatoms. The van der Waals surface area contributed by atoms with Gasteiger partial charge in [-0.25, -0.2) is 0 Å². The maximum Gasteiger partial charge on any atom is 0.306 e. The summed E-state index contributed by atoms with van der Waals surface area (Å²) in [5, 5.41) is 34.4. The number of aliphatic carboxylic acids is 2. The Labute approximate surface area is 202 Å². The Morgan fingerprint density at radius 1 is 0.647 bits per heavy atom. The summed E-state index contributed by atoms with van der Waals surface area (Å²) in [7, 11) is 0. The number of unbranched alkanes of at least 4 members (excludes halogenated alkanes) is 8. The Balaban J connectivity index is 0. The minimum absolute atomic E-state index is 0.0530. The molecule has 0 aliphatic rings. The minimum Gasteiger partial charge on any atom is -0.481 e. The van der Waals surface area contributed by atoms with Crippen LogP contribution in [0.5, 0.6) is 0 Å². The van der Waals surface area contributed by atoms with Crippen molar-refractivity contribution in [1.29, 1.82) is 0 Å². The predicted octanol–water partition coefficient (Wildman–Crippen LogP) is 3.45. The van der Waals surface area contributed by atoms with Gasteiger partial charge in [-0.05, 0) is 39.5 Å². The summed E-state index contributed by atoms with van der Waals surface area (Å²) in [6, 6.07) is 0. The van der Waals surface area contributed by atoms with Gasteiger partial charge in [-0.3, -0.25) is 19.2 Å². The summed E-state index contributed by atoms with van der Waals surface area (Å²) in [6.45, 7) is 3.11. The van der Waals surface area contributed by atoms with Crippen LogP contribution in [0.3, 0.4) is 0 Å². The van der Waals surface area contributed by atoms with Crippen molar-refractivity contribution in [3.8, 4) is 0 Å². The first-order valence-corrected chi connectivity index (χ1v) is 12.2. The van der Waals surface area contributed by atoms with Gasteiger partial charge >= 0.3 is 23.9 Å². The summed E-state index contributed by atoms with van der Waals surface area (Å²) in [5.74, 6) is -2.08. The molecule has 0 aliphatic heterocycles. The molecule has 200 valence electrons. The van der Waals surface area contributed by atoms with E-state index in [1.54, 1.807) is 13.8 Å². The molecule has 0 heterocycles. The molecule has 0 aromatic rings. The van der Waals surface area contributed by atoms with Gasteiger partial charge in [-0.1, -0.05) is 38.5 Å². The maximum atomic E-state index is 11.2. The summed E-state index contributed by atoms with van der Waals surface area (Å²) >= 11 is 0. The molecule has 0 aromatic heterocycles. The van der Waals surface area contributed by atoms with Crippen LogP contribution < -0.4 is 0 Å². The van der Waals surface area contributed by atoms with E-state index in [-0.39, 0.29) is 38.0 Å². The van der Waals surface area contributed by atoms with Crippen molar-refractivity contribution in [2.75, 3.05) is 13.2 Å². The first-order chi connectivity index (χ1) is 16.1. The van der Waals surface area contributed by atoms with Crippen LogP contribution in [0, 0.1) is 0 Å². The van der Waals surface area contributed by atoms with Crippen LogP contribution >= 0.6 is 0 Å². The van der Waals surface area contributed by atoms with E-state index in [9.17, 15) is 19.2 Å². The van der Waals surface area contributed by atoms with E-state index >= 15 is 0 Å². The molecule has 0 spiro atoms. The van der Waals surface area contributed by atoms with Gasteiger partial charge in [0.05, 0.1) is 12.7 Å². The van der Waals surface area contributed by atoms with Crippen molar-refractivity contribution < 1.29 is 49.1 Å². The van der Waals surface area contributed by atoms with Crippen LogP contribution in [0.4, 0.5) is 0 Å². The molecule has 10 nitrogen and oxygen atoms in total. The number of rotatable bonds is 20. The Bertz CT molecular complexity index is 548. The van der Waals surface area contributed by atoms with Gasteiger partial charge < -0.3 is 29.9 Å². The smallest absolute Gasteiger partial charge is 0.306 e. The van der Waals surface area contributed by atoms with Crippen molar-refractivity contribution in [2.24, 2.45) is 0 Å². The highest BCUT2D eigenvalue weighted by Crippen LogP contribution is 2.09. The molecule has 34 heavy (non-hydrogen) atoms. The average molecular weight is 493 g/mol. The molecule has 0 saturated carbocycles. The summed E-state index contributed by atoms with van der Waals surface area (Å²) in [6.07, 6.45) is 8.48. The first kappa shape index (κ1) is 34.0. The topological polar surface area (TPSA) is 168 Å². The monoisotopic (exact) mass is 492 g/mol. The van der Waals surface area contributed by atoms with E-state index in [1.165, 1.54) is 0 Å². The number of aliphatic hydroxyl groups is 2. The summed E-state index contributed by atoms with van der Waals surface area (Å²) < 4.78 is 9.69. The lowest BCUT2D eigenvalue weighted by Gasteiger charge is -2.09. The number of aliphatic hydroxyl groups excluding tert-OH is 2. The lowest BCUT2D eigenvalue weighted by molar-refractivity contribution is -0.150. The molecular weight excluding hydrogens is 448 g/mol. The van der Waals surface area contributed by atoms with Crippen molar-refractivity contribution in [3.63, 3.8) is 0 Å². The second-order valence-corrected chi connectivity index (χ2v) is 8.34. The Hall–Kier alpha value is -2.20. The molecule has 0 aliphatic carbocycles. The fraction of sp³-hybridized carbons (Fsp3) is 0.833. The normalized spacial score (nSPS) is 12.1. The number of carbonyl (C=O) groups excluding carboxylic acids is 2. The van der Waals surface area contributed by atoms with Gasteiger partial charge in [-0.2, -0.15) is 0 Å². The first-order valence-electron chi connectivity index (χ1n) is 12.2. The second-order valence-electron chi connectivity index (χ2n) is 8.34. The maximum absolute atomic E-state index is 11.2. The van der Waals surface area contributed by atoms with Crippen LogP contribution in [0.15, 0.2) is 0 Å². The molecule has 2 unspecified atom stereocenters. The fourth-order valence-corrected chi connectivity index (χ4v) is 2.76. The third-order valence-electron chi connectivity index (χ3n) is 4.62. The highest BCUT2D eigenvalue weighted by molar-refractivity contribution is 5.69. The van der Waals surface area contributed by atoms with E-state index in [1.807, 2.05) is 0 Å². The average Bonchev–Trinajstić information content (AvgIpc) is 2.76. The van der Waals surface area contributed by atoms with Gasteiger partial charge in [0.15, 0.2) is 0 Å². The van der Waals surface area contributed by atoms with E-state index in [4.69, 9.17) is 29.9 Å². The molecule has 0 aromatic carbocycles. The van der Waals surface area contributed by atoms with Crippen molar-refractivity contribution in [3.05, 3.63) is 0 Å². The van der Waals surface area contributed by atoms with Crippen LogP contribution in [-0.2, 0) is 28.7 Å². The number of ether oxygens (including phenoxy) is 2. The third kappa shape index (κ3) is 29.8. The van der Waals surface area contributed by atoms with E-state index in [2.05, 4.69) is 0 Å². The highest BCUT2D eigenvalue weighted by atomic mass is 16.6. The van der Waals surface area contributed by atoms with E-state index in [0.717, 1.165) is 51.4 Å². The quantitative estimate of drug-likeness (QED) is 0.146. The molecule has 0 fully saturated rings. The van der Waals surface area contributed by atoms with Gasteiger partial charge in [0.1, 0.15) is 12.7 Å². The molecule has 0 amide bonds. The van der Waals surface area contributed by atoms with E-state index in [0.29, 0.717) is 25.7 Å².